The molecule has 0 bridgehead atoms. The van der Waals surface area contributed by atoms with Crippen LogP contribution in [0, 0.1) is 11.3 Å². The minimum atomic E-state index is 0.382. The summed E-state index contributed by atoms with van der Waals surface area (Å²) < 4.78 is 0. The molecular weight excluding hydrogens is 136 g/mol. The van der Waals surface area contributed by atoms with E-state index in [0.29, 0.717) is 11.6 Å². The molecule has 0 aromatic carbocycles. The van der Waals surface area contributed by atoms with E-state index in [-0.39, 0.29) is 0 Å². The molecule has 0 aromatic heterocycles. The molecule has 0 saturated carbocycles. The molecule has 0 fully saturated rings. The van der Waals surface area contributed by atoms with Crippen molar-refractivity contribution in [3.8, 4) is 0 Å². The van der Waals surface area contributed by atoms with Gasteiger partial charge in [0, 0.05) is 12.8 Å². The van der Waals surface area contributed by atoms with Crippen molar-refractivity contribution in [2.45, 2.75) is 34.6 Å². The number of rotatable bonds is 2. The number of aliphatic imine (C=N–C) groups is 1. The first-order valence-corrected chi connectivity index (χ1v) is 4.11. The fourth-order valence-corrected chi connectivity index (χ4v) is 0.859. The Morgan fingerprint density at radius 1 is 1.27 bits per heavy atom. The number of nitrogens with zero attached hydrogens (tertiary/aromatic N) is 1. The van der Waals surface area contributed by atoms with Gasteiger partial charge in [-0.2, -0.15) is 0 Å². The molecular formula is C9H20N2. The highest BCUT2D eigenvalue weighted by Gasteiger charge is 2.04. The summed E-state index contributed by atoms with van der Waals surface area (Å²) in [5.74, 6) is 0.382. The lowest BCUT2D eigenvalue weighted by Gasteiger charge is -2.05. The minimum Gasteiger partial charge on any atom is -0.304 e. The van der Waals surface area contributed by atoms with Crippen molar-refractivity contribution >= 4 is 11.4 Å². The number of nitrogens with one attached hydrogen (secondary N) is 1. The topological polar surface area (TPSA) is 36.2 Å². The van der Waals surface area contributed by atoms with Crippen LogP contribution in [0.3, 0.4) is 0 Å². The van der Waals surface area contributed by atoms with Crippen LogP contribution in [0.1, 0.15) is 34.6 Å². The van der Waals surface area contributed by atoms with E-state index in [2.05, 4.69) is 4.99 Å². The molecule has 0 spiro atoms. The normalized spacial score (nSPS) is 10.6. The maximum absolute atomic E-state index is 7.25. The molecule has 0 aromatic rings. The summed E-state index contributed by atoms with van der Waals surface area (Å²) in [4.78, 5) is 3.98. The van der Waals surface area contributed by atoms with Crippen LogP contribution >= 0.6 is 0 Å². The molecule has 0 amide bonds. The van der Waals surface area contributed by atoms with Gasteiger partial charge in [-0.1, -0.05) is 27.7 Å². The summed E-state index contributed by atoms with van der Waals surface area (Å²) in [7, 11) is 1.73. The smallest absolute Gasteiger partial charge is 0.0574 e. The van der Waals surface area contributed by atoms with Crippen molar-refractivity contribution in [3.05, 3.63) is 0 Å². The Bertz CT molecular complexity index is 134. The van der Waals surface area contributed by atoms with Crippen molar-refractivity contribution in [1.29, 1.82) is 5.41 Å². The molecule has 0 atom stereocenters. The van der Waals surface area contributed by atoms with Crippen LogP contribution in [0.5, 0.6) is 0 Å². The highest BCUT2D eigenvalue weighted by atomic mass is 14.7. The minimum absolute atomic E-state index is 0.382. The van der Waals surface area contributed by atoms with Gasteiger partial charge in [-0.3, -0.25) is 4.99 Å². The van der Waals surface area contributed by atoms with Gasteiger partial charge in [0.25, 0.3) is 0 Å². The summed E-state index contributed by atoms with van der Waals surface area (Å²) in [6, 6.07) is 0. The van der Waals surface area contributed by atoms with E-state index in [0.717, 1.165) is 5.71 Å². The zero-order valence-electron chi connectivity index (χ0n) is 8.52. The molecule has 2 nitrogen and oxygen atoms in total. The Morgan fingerprint density at radius 3 is 1.64 bits per heavy atom. The SMILES string of the molecule is CC.CN=C(C(C)=N)C(C)C. The standard InChI is InChI=1S/C7H14N2.C2H6/c1-5(2)7(9-4)6(3)8;1-2/h5,8H,1-4H3;1-2H3. The highest BCUT2D eigenvalue weighted by Crippen LogP contribution is 1.97. The van der Waals surface area contributed by atoms with Gasteiger partial charge in [-0.05, 0) is 12.8 Å². The average molecular weight is 156 g/mol. The first kappa shape index (κ1) is 13.0. The molecule has 0 unspecified atom stereocenters. The van der Waals surface area contributed by atoms with E-state index < -0.39 is 0 Å². The first-order valence-electron chi connectivity index (χ1n) is 4.11. The van der Waals surface area contributed by atoms with Gasteiger partial charge >= 0.3 is 0 Å². The predicted octanol–water partition coefficient (Wildman–Crippen LogP) is 2.78. The van der Waals surface area contributed by atoms with Gasteiger partial charge in [0.2, 0.25) is 0 Å². The van der Waals surface area contributed by atoms with Crippen LogP contribution in [0.2, 0.25) is 0 Å². The lowest BCUT2D eigenvalue weighted by atomic mass is 10.1. The van der Waals surface area contributed by atoms with Crippen molar-refractivity contribution in [1.82, 2.24) is 0 Å². The zero-order valence-corrected chi connectivity index (χ0v) is 8.52. The first-order chi connectivity index (χ1) is 5.09. The van der Waals surface area contributed by atoms with Crippen LogP contribution in [-0.4, -0.2) is 18.5 Å². The second-order valence-electron chi connectivity index (χ2n) is 2.39. The van der Waals surface area contributed by atoms with Crippen LogP contribution < -0.4 is 0 Å². The maximum atomic E-state index is 7.25. The molecule has 11 heavy (non-hydrogen) atoms. The average Bonchev–Trinajstić information content (AvgIpc) is 1.91. The highest BCUT2D eigenvalue weighted by molar-refractivity contribution is 6.40. The zero-order chi connectivity index (χ0) is 9.44. The Labute approximate surface area is 70.2 Å². The Balaban J connectivity index is 0. The Hall–Kier alpha value is -0.660. The van der Waals surface area contributed by atoms with E-state index in [1.165, 1.54) is 0 Å². The fraction of sp³-hybridized carbons (Fsp3) is 0.778. The van der Waals surface area contributed by atoms with Crippen LogP contribution in [0.15, 0.2) is 4.99 Å². The summed E-state index contributed by atoms with van der Waals surface area (Å²) in [5.41, 5.74) is 1.47. The van der Waals surface area contributed by atoms with Gasteiger partial charge in [-0.25, -0.2) is 0 Å². The molecule has 0 aliphatic carbocycles. The van der Waals surface area contributed by atoms with Gasteiger partial charge in [0.05, 0.1) is 5.71 Å². The lowest BCUT2D eigenvalue weighted by Crippen LogP contribution is -2.15. The monoisotopic (exact) mass is 156 g/mol. The third-order valence-electron chi connectivity index (χ3n) is 1.17. The van der Waals surface area contributed by atoms with Gasteiger partial charge in [0.1, 0.15) is 0 Å². The maximum Gasteiger partial charge on any atom is 0.0574 e. The van der Waals surface area contributed by atoms with E-state index >= 15 is 0 Å². The van der Waals surface area contributed by atoms with E-state index in [1.807, 2.05) is 27.7 Å². The molecule has 1 N–H and O–H groups in total. The van der Waals surface area contributed by atoms with Crippen LogP contribution in [0.25, 0.3) is 0 Å². The molecule has 0 rings (SSSR count). The van der Waals surface area contributed by atoms with Crippen molar-refractivity contribution < 1.29 is 0 Å². The molecule has 2 heteroatoms. The number of hydrogen-bond acceptors (Lipinski definition) is 2. The van der Waals surface area contributed by atoms with Crippen molar-refractivity contribution in [2.75, 3.05) is 7.05 Å². The predicted molar refractivity (Wildman–Crippen MR) is 52.9 cm³/mol. The van der Waals surface area contributed by atoms with Crippen LogP contribution in [0.4, 0.5) is 0 Å². The summed E-state index contributed by atoms with van der Waals surface area (Å²) in [6.07, 6.45) is 0. The van der Waals surface area contributed by atoms with Crippen molar-refractivity contribution in [2.24, 2.45) is 10.9 Å². The van der Waals surface area contributed by atoms with E-state index in [9.17, 15) is 0 Å². The largest absolute Gasteiger partial charge is 0.304 e. The van der Waals surface area contributed by atoms with Crippen molar-refractivity contribution in [3.63, 3.8) is 0 Å². The number of hydrogen-bond donors (Lipinski definition) is 1. The van der Waals surface area contributed by atoms with Crippen LogP contribution in [-0.2, 0) is 0 Å². The Kier molecular flexibility index (Phi) is 8.78. The lowest BCUT2D eigenvalue weighted by molar-refractivity contribution is 0.890. The summed E-state index contributed by atoms with van der Waals surface area (Å²) >= 11 is 0. The van der Waals surface area contributed by atoms with Gasteiger partial charge in [-0.15, -0.1) is 0 Å². The van der Waals surface area contributed by atoms with E-state index in [1.54, 1.807) is 14.0 Å². The third-order valence-corrected chi connectivity index (χ3v) is 1.17. The summed E-state index contributed by atoms with van der Waals surface area (Å²) in [6.45, 7) is 9.85. The molecule has 0 saturated heterocycles. The second-order valence-corrected chi connectivity index (χ2v) is 2.39. The molecule has 0 aliphatic rings. The van der Waals surface area contributed by atoms with E-state index in [4.69, 9.17) is 5.41 Å². The quantitative estimate of drug-likeness (QED) is 0.597. The third kappa shape index (κ3) is 5.77. The van der Waals surface area contributed by atoms with Gasteiger partial charge in [0.15, 0.2) is 0 Å². The Morgan fingerprint density at radius 2 is 1.64 bits per heavy atom. The molecule has 66 valence electrons. The fourth-order valence-electron chi connectivity index (χ4n) is 0.859. The second kappa shape index (κ2) is 7.45. The van der Waals surface area contributed by atoms with Gasteiger partial charge < -0.3 is 5.41 Å². The molecule has 0 heterocycles. The summed E-state index contributed by atoms with van der Waals surface area (Å²) in [5, 5.41) is 7.25. The molecule has 0 radical (unpaired) electrons. The molecule has 0 aliphatic heterocycles.